The summed E-state index contributed by atoms with van der Waals surface area (Å²) < 4.78 is 1.60. The molecular weight excluding hydrogens is 322 g/mol. The van der Waals surface area contributed by atoms with Crippen LogP contribution in [0.15, 0.2) is 23.4 Å². The zero-order chi connectivity index (χ0) is 15.5. The van der Waals surface area contributed by atoms with Crippen LogP contribution < -0.4 is 5.32 Å². The van der Waals surface area contributed by atoms with Crippen LogP contribution in [0.2, 0.25) is 5.02 Å². The predicted octanol–water partition coefficient (Wildman–Crippen LogP) is 2.15. The minimum atomic E-state index is 0.0513. The molecule has 0 saturated heterocycles. The Morgan fingerprint density at radius 2 is 2.41 bits per heavy atom. The van der Waals surface area contributed by atoms with E-state index >= 15 is 0 Å². The molecule has 2 aromatic rings. The molecule has 6 nitrogen and oxygen atoms in total. The maximum atomic E-state index is 12.1. The summed E-state index contributed by atoms with van der Waals surface area (Å²) in [5.41, 5.74) is 2.42. The quantitative estimate of drug-likeness (QED) is 0.846. The highest BCUT2D eigenvalue weighted by Crippen LogP contribution is 2.32. The summed E-state index contributed by atoms with van der Waals surface area (Å²) in [5.74, 6) is 0.704. The minimum Gasteiger partial charge on any atom is -0.349 e. The average Bonchev–Trinajstić information content (AvgIpc) is 3.06. The van der Waals surface area contributed by atoms with Gasteiger partial charge in [0, 0.05) is 24.2 Å². The van der Waals surface area contributed by atoms with Gasteiger partial charge in [-0.3, -0.25) is 4.79 Å². The second kappa shape index (κ2) is 6.66. The van der Waals surface area contributed by atoms with E-state index in [1.165, 1.54) is 22.9 Å². The maximum absolute atomic E-state index is 12.1. The zero-order valence-corrected chi connectivity index (χ0v) is 13.7. The summed E-state index contributed by atoms with van der Waals surface area (Å²) in [7, 11) is 1.78. The smallest absolute Gasteiger partial charge is 0.221 e. The Bertz CT molecular complexity index is 690. The Labute approximate surface area is 137 Å². The van der Waals surface area contributed by atoms with E-state index in [0.717, 1.165) is 17.9 Å². The molecule has 116 valence electrons. The number of fused-ring (bicyclic) bond motifs is 1. The molecule has 22 heavy (non-hydrogen) atoms. The summed E-state index contributed by atoms with van der Waals surface area (Å²) in [6.45, 7) is 0. The number of rotatable bonds is 5. The molecule has 0 fully saturated rings. The lowest BCUT2D eigenvalue weighted by Gasteiger charge is -2.14. The predicted molar refractivity (Wildman–Crippen MR) is 84.8 cm³/mol. The molecule has 1 heterocycles. The van der Waals surface area contributed by atoms with Gasteiger partial charge in [-0.2, -0.15) is 0 Å². The van der Waals surface area contributed by atoms with Gasteiger partial charge in [0.15, 0.2) is 0 Å². The van der Waals surface area contributed by atoms with E-state index in [2.05, 4.69) is 20.8 Å². The molecule has 1 aromatic heterocycles. The molecule has 1 aliphatic carbocycles. The summed E-state index contributed by atoms with van der Waals surface area (Å²) in [6, 6.07) is 5.97. The molecule has 1 aromatic carbocycles. The number of halogens is 1. The van der Waals surface area contributed by atoms with Crippen molar-refractivity contribution in [3.63, 3.8) is 0 Å². The normalized spacial score (nSPS) is 16.5. The van der Waals surface area contributed by atoms with Crippen LogP contribution in [0.25, 0.3) is 0 Å². The van der Waals surface area contributed by atoms with Gasteiger partial charge >= 0.3 is 0 Å². The van der Waals surface area contributed by atoms with E-state index in [-0.39, 0.29) is 11.9 Å². The van der Waals surface area contributed by atoms with Crippen LogP contribution in [0.1, 0.15) is 30.0 Å². The van der Waals surface area contributed by atoms with Crippen molar-refractivity contribution < 1.29 is 4.79 Å². The summed E-state index contributed by atoms with van der Waals surface area (Å²) >= 11 is 7.47. The van der Waals surface area contributed by atoms with Gasteiger partial charge in [0.25, 0.3) is 0 Å². The molecule has 1 aliphatic rings. The number of aryl methyl sites for hydroxylation is 2. The Hall–Kier alpha value is -1.60. The number of hydrogen-bond acceptors (Lipinski definition) is 5. The van der Waals surface area contributed by atoms with Crippen molar-refractivity contribution in [1.29, 1.82) is 0 Å². The first kappa shape index (κ1) is 15.3. The number of nitrogens with zero attached hydrogens (tertiary/aromatic N) is 4. The molecule has 0 spiro atoms. The Morgan fingerprint density at radius 1 is 1.55 bits per heavy atom. The van der Waals surface area contributed by atoms with Gasteiger partial charge in [0.05, 0.1) is 6.04 Å². The first-order chi connectivity index (χ1) is 10.6. The molecule has 1 atom stereocenters. The number of amides is 1. The van der Waals surface area contributed by atoms with Gasteiger partial charge in [-0.25, -0.2) is 4.68 Å². The van der Waals surface area contributed by atoms with E-state index < -0.39 is 0 Å². The Balaban J connectivity index is 1.50. The third-order valence-corrected chi connectivity index (χ3v) is 4.91. The summed E-state index contributed by atoms with van der Waals surface area (Å²) in [6.07, 6.45) is 2.33. The van der Waals surface area contributed by atoms with Gasteiger partial charge in [0.1, 0.15) is 0 Å². The fraction of sp³-hybridized carbons (Fsp3) is 0.429. The lowest BCUT2D eigenvalue weighted by molar-refractivity contribution is -0.121. The van der Waals surface area contributed by atoms with Crippen LogP contribution in [0.5, 0.6) is 0 Å². The second-order valence-corrected chi connectivity index (χ2v) is 6.68. The van der Waals surface area contributed by atoms with E-state index in [0.29, 0.717) is 17.3 Å². The van der Waals surface area contributed by atoms with Crippen molar-refractivity contribution in [2.75, 3.05) is 5.75 Å². The van der Waals surface area contributed by atoms with Crippen molar-refractivity contribution in [1.82, 2.24) is 25.5 Å². The van der Waals surface area contributed by atoms with Gasteiger partial charge in [-0.05, 0) is 46.5 Å². The SMILES string of the molecule is Cn1nnnc1SCCC(=O)N[C@H]1CCc2cc(Cl)ccc21. The molecule has 8 heteroatoms. The molecule has 1 N–H and O–H groups in total. The lowest BCUT2D eigenvalue weighted by Crippen LogP contribution is -2.27. The van der Waals surface area contributed by atoms with Crippen LogP contribution >= 0.6 is 23.4 Å². The molecule has 0 radical (unpaired) electrons. The highest BCUT2D eigenvalue weighted by atomic mass is 35.5. The number of nitrogens with one attached hydrogen (secondary N) is 1. The van der Waals surface area contributed by atoms with Crippen LogP contribution in [-0.4, -0.2) is 31.9 Å². The highest BCUT2D eigenvalue weighted by molar-refractivity contribution is 7.99. The zero-order valence-electron chi connectivity index (χ0n) is 12.1. The van der Waals surface area contributed by atoms with E-state index in [1.807, 2.05) is 18.2 Å². The standard InChI is InChI=1S/C14H16ClN5OS/c1-20-14(17-18-19-20)22-7-6-13(21)16-12-5-2-9-8-10(15)3-4-11(9)12/h3-4,8,12H,2,5-7H2,1H3,(H,16,21)/t12-/m0/s1. The third kappa shape index (κ3) is 3.41. The molecule has 3 rings (SSSR count). The largest absolute Gasteiger partial charge is 0.349 e. The van der Waals surface area contributed by atoms with Crippen LogP contribution in [0.3, 0.4) is 0 Å². The fourth-order valence-electron chi connectivity index (χ4n) is 2.58. The van der Waals surface area contributed by atoms with Crippen molar-refractivity contribution in [3.8, 4) is 0 Å². The number of aromatic nitrogens is 4. The van der Waals surface area contributed by atoms with Crippen LogP contribution in [0.4, 0.5) is 0 Å². The van der Waals surface area contributed by atoms with Crippen molar-refractivity contribution in [2.24, 2.45) is 7.05 Å². The molecule has 0 saturated carbocycles. The first-order valence-corrected chi connectivity index (χ1v) is 8.42. The number of carbonyl (C=O) groups is 1. The van der Waals surface area contributed by atoms with Crippen molar-refractivity contribution >= 4 is 29.3 Å². The molecule has 0 aliphatic heterocycles. The average molecular weight is 338 g/mol. The molecular formula is C14H16ClN5OS. The lowest BCUT2D eigenvalue weighted by atomic mass is 10.1. The first-order valence-electron chi connectivity index (χ1n) is 7.06. The molecule has 0 bridgehead atoms. The van der Waals surface area contributed by atoms with Gasteiger partial charge < -0.3 is 5.32 Å². The van der Waals surface area contributed by atoms with Gasteiger partial charge in [-0.15, -0.1) is 5.10 Å². The maximum Gasteiger partial charge on any atom is 0.221 e. The van der Waals surface area contributed by atoms with E-state index in [1.54, 1.807) is 11.7 Å². The summed E-state index contributed by atoms with van der Waals surface area (Å²) in [4.78, 5) is 12.1. The van der Waals surface area contributed by atoms with Crippen LogP contribution in [0, 0.1) is 0 Å². The topological polar surface area (TPSA) is 72.7 Å². The van der Waals surface area contributed by atoms with Crippen molar-refractivity contribution in [3.05, 3.63) is 34.3 Å². The number of benzene rings is 1. The minimum absolute atomic E-state index is 0.0513. The van der Waals surface area contributed by atoms with Crippen molar-refractivity contribution in [2.45, 2.75) is 30.5 Å². The third-order valence-electron chi connectivity index (χ3n) is 3.66. The Morgan fingerprint density at radius 3 is 3.18 bits per heavy atom. The van der Waals surface area contributed by atoms with E-state index in [4.69, 9.17) is 11.6 Å². The van der Waals surface area contributed by atoms with Gasteiger partial charge in [-0.1, -0.05) is 29.4 Å². The highest BCUT2D eigenvalue weighted by Gasteiger charge is 2.23. The molecule has 1 amide bonds. The Kier molecular flexibility index (Phi) is 4.63. The number of carbonyl (C=O) groups excluding carboxylic acids is 1. The van der Waals surface area contributed by atoms with Gasteiger partial charge in [0.2, 0.25) is 11.1 Å². The fourth-order valence-corrected chi connectivity index (χ4v) is 3.56. The van der Waals surface area contributed by atoms with E-state index in [9.17, 15) is 4.79 Å². The molecule has 0 unspecified atom stereocenters. The number of thioether (sulfide) groups is 1. The monoisotopic (exact) mass is 337 g/mol. The number of hydrogen-bond donors (Lipinski definition) is 1. The summed E-state index contributed by atoms with van der Waals surface area (Å²) in [5, 5.41) is 15.8. The number of tetrazole rings is 1. The van der Waals surface area contributed by atoms with Crippen LogP contribution in [-0.2, 0) is 18.3 Å². The second-order valence-electron chi connectivity index (χ2n) is 5.19.